The van der Waals surface area contributed by atoms with Crippen LogP contribution in [0.5, 0.6) is 5.75 Å². The first kappa shape index (κ1) is 20.4. The van der Waals surface area contributed by atoms with E-state index in [1.807, 2.05) is 37.3 Å². The number of nitrogens with two attached hydrogens (primary N) is 1. The van der Waals surface area contributed by atoms with E-state index in [2.05, 4.69) is 9.82 Å². The van der Waals surface area contributed by atoms with Crippen LogP contribution in [-0.2, 0) is 16.4 Å². The summed E-state index contributed by atoms with van der Waals surface area (Å²) in [6.45, 7) is 2.30. The molecule has 0 radical (unpaired) electrons. The largest absolute Gasteiger partial charge is 0.493 e. The number of nitrogens with zero attached hydrogens (tertiary/aromatic N) is 1. The van der Waals surface area contributed by atoms with Crippen molar-refractivity contribution in [2.24, 2.45) is 10.9 Å². The van der Waals surface area contributed by atoms with Gasteiger partial charge in [-0.2, -0.15) is 5.10 Å². The summed E-state index contributed by atoms with van der Waals surface area (Å²) in [6.07, 6.45) is 2.31. The molecule has 0 aromatic heterocycles. The Balaban J connectivity index is 1.66. The number of anilines is 1. The van der Waals surface area contributed by atoms with Gasteiger partial charge in [-0.25, -0.2) is 8.42 Å². The molecule has 0 bridgehead atoms. The van der Waals surface area contributed by atoms with Gasteiger partial charge in [0.25, 0.3) is 10.0 Å². The van der Waals surface area contributed by atoms with Crippen LogP contribution < -0.4 is 15.3 Å². The van der Waals surface area contributed by atoms with Crippen molar-refractivity contribution in [3.63, 3.8) is 0 Å². The van der Waals surface area contributed by atoms with Crippen molar-refractivity contribution in [2.45, 2.75) is 18.2 Å². The Kier molecular flexibility index (Phi) is 6.51. The molecule has 0 amide bonds. The fourth-order valence-corrected chi connectivity index (χ4v) is 3.96. The van der Waals surface area contributed by atoms with Gasteiger partial charge in [-0.3, -0.25) is 4.72 Å². The van der Waals surface area contributed by atoms with Crippen molar-refractivity contribution in [2.75, 3.05) is 11.3 Å². The number of hydrogen-bond acceptors (Lipinski definition) is 5. The highest BCUT2D eigenvalue weighted by Gasteiger charge is 2.16. The summed E-state index contributed by atoms with van der Waals surface area (Å²) in [4.78, 5) is 0.217. The van der Waals surface area contributed by atoms with E-state index in [4.69, 9.17) is 10.6 Å². The Bertz CT molecular complexity index is 1080. The van der Waals surface area contributed by atoms with Gasteiger partial charge in [0.15, 0.2) is 0 Å². The van der Waals surface area contributed by atoms with Gasteiger partial charge >= 0.3 is 0 Å². The maximum atomic E-state index is 12.6. The molecule has 0 fully saturated rings. The van der Waals surface area contributed by atoms with Crippen molar-refractivity contribution in [1.29, 1.82) is 0 Å². The van der Waals surface area contributed by atoms with E-state index in [0.717, 1.165) is 23.1 Å². The predicted molar refractivity (Wildman–Crippen MR) is 116 cm³/mol. The molecule has 3 rings (SSSR count). The van der Waals surface area contributed by atoms with Gasteiger partial charge in [0.05, 0.1) is 23.4 Å². The molecule has 150 valence electrons. The smallest absolute Gasteiger partial charge is 0.261 e. The topological polar surface area (TPSA) is 93.8 Å². The average Bonchev–Trinajstić information content (AvgIpc) is 2.73. The minimum atomic E-state index is -3.65. The molecule has 0 heterocycles. The molecule has 7 heteroatoms. The molecular formula is C22H23N3O3S. The van der Waals surface area contributed by atoms with Crippen molar-refractivity contribution >= 4 is 21.9 Å². The van der Waals surface area contributed by atoms with Crippen LogP contribution >= 0.6 is 0 Å². The second kappa shape index (κ2) is 9.25. The summed E-state index contributed by atoms with van der Waals surface area (Å²) in [5.74, 6) is 5.79. The van der Waals surface area contributed by atoms with Crippen molar-refractivity contribution in [3.8, 4) is 5.75 Å². The fourth-order valence-electron chi connectivity index (χ4n) is 2.82. The summed E-state index contributed by atoms with van der Waals surface area (Å²) in [7, 11) is -3.65. The molecule has 0 saturated heterocycles. The number of hydrazone groups is 1. The van der Waals surface area contributed by atoms with E-state index in [9.17, 15) is 8.42 Å². The van der Waals surface area contributed by atoms with Gasteiger partial charge in [0, 0.05) is 12.0 Å². The number of hydrogen-bond donors (Lipinski definition) is 2. The maximum absolute atomic E-state index is 12.6. The van der Waals surface area contributed by atoms with Crippen LogP contribution in [0.2, 0.25) is 0 Å². The minimum absolute atomic E-state index is 0.217. The van der Waals surface area contributed by atoms with E-state index >= 15 is 0 Å². The van der Waals surface area contributed by atoms with Crippen LogP contribution in [0.3, 0.4) is 0 Å². The van der Waals surface area contributed by atoms with Crippen LogP contribution in [0.1, 0.15) is 16.7 Å². The number of nitrogens with one attached hydrogen (secondary N) is 1. The first-order valence-corrected chi connectivity index (χ1v) is 10.6. The van der Waals surface area contributed by atoms with E-state index in [0.29, 0.717) is 18.0 Å². The van der Waals surface area contributed by atoms with E-state index in [1.165, 1.54) is 0 Å². The summed E-state index contributed by atoms with van der Waals surface area (Å²) in [5, 5.41) is 3.50. The summed E-state index contributed by atoms with van der Waals surface area (Å²) in [5.41, 5.74) is 3.29. The first-order valence-electron chi connectivity index (χ1n) is 9.12. The molecule has 0 aliphatic rings. The van der Waals surface area contributed by atoms with Crippen LogP contribution in [0.25, 0.3) is 0 Å². The number of benzene rings is 3. The highest BCUT2D eigenvalue weighted by atomic mass is 32.2. The minimum Gasteiger partial charge on any atom is -0.493 e. The molecule has 3 N–H and O–H groups in total. The van der Waals surface area contributed by atoms with E-state index in [1.54, 1.807) is 48.7 Å². The maximum Gasteiger partial charge on any atom is 0.261 e. The lowest BCUT2D eigenvalue weighted by molar-refractivity contribution is 0.320. The monoisotopic (exact) mass is 409 g/mol. The summed E-state index contributed by atoms with van der Waals surface area (Å²) < 4.78 is 33.7. The fraction of sp³-hybridized carbons (Fsp3) is 0.136. The molecule has 0 spiro atoms. The third-order valence-electron chi connectivity index (χ3n) is 4.43. The molecule has 0 unspecified atom stereocenters. The molecule has 0 aliphatic carbocycles. The third kappa shape index (κ3) is 5.36. The highest BCUT2D eigenvalue weighted by Crippen LogP contribution is 2.27. The lowest BCUT2D eigenvalue weighted by Crippen LogP contribution is -2.14. The Hall–Kier alpha value is -3.32. The Morgan fingerprint density at radius 3 is 2.41 bits per heavy atom. The molecule has 0 saturated carbocycles. The van der Waals surface area contributed by atoms with Gasteiger partial charge in [-0.05, 0) is 42.3 Å². The van der Waals surface area contributed by atoms with Crippen LogP contribution in [0.15, 0.2) is 82.8 Å². The zero-order valence-electron chi connectivity index (χ0n) is 16.1. The molecule has 29 heavy (non-hydrogen) atoms. The van der Waals surface area contributed by atoms with Gasteiger partial charge < -0.3 is 10.6 Å². The normalized spacial score (nSPS) is 11.5. The standard InChI is InChI=1S/C22H23N3O3S/c1-17-21(25-29(26,27)20-6-3-2-4-7-20)8-5-9-22(17)28-15-14-18-10-12-19(13-11-18)16-24-23/h2-13,16,25H,14-15,23H2,1H3. The van der Waals surface area contributed by atoms with Crippen molar-refractivity contribution in [1.82, 2.24) is 0 Å². The van der Waals surface area contributed by atoms with Crippen molar-refractivity contribution in [3.05, 3.63) is 89.5 Å². The molecule has 6 nitrogen and oxygen atoms in total. The van der Waals surface area contributed by atoms with Crippen LogP contribution in [-0.4, -0.2) is 21.2 Å². The van der Waals surface area contributed by atoms with Gasteiger partial charge in [-0.15, -0.1) is 0 Å². The van der Waals surface area contributed by atoms with Crippen LogP contribution in [0, 0.1) is 6.92 Å². The number of sulfonamides is 1. The first-order chi connectivity index (χ1) is 14.0. The van der Waals surface area contributed by atoms with Gasteiger partial charge in [0.1, 0.15) is 5.75 Å². The summed E-state index contributed by atoms with van der Waals surface area (Å²) >= 11 is 0. The van der Waals surface area contributed by atoms with E-state index in [-0.39, 0.29) is 4.90 Å². The number of ether oxygens (including phenoxy) is 1. The lowest BCUT2D eigenvalue weighted by atomic mass is 10.1. The van der Waals surface area contributed by atoms with Gasteiger partial charge in [0.2, 0.25) is 0 Å². The third-order valence-corrected chi connectivity index (χ3v) is 5.81. The quantitative estimate of drug-likeness (QED) is 0.337. The van der Waals surface area contributed by atoms with E-state index < -0.39 is 10.0 Å². The van der Waals surface area contributed by atoms with Crippen LogP contribution in [0.4, 0.5) is 5.69 Å². The van der Waals surface area contributed by atoms with Crippen molar-refractivity contribution < 1.29 is 13.2 Å². The highest BCUT2D eigenvalue weighted by molar-refractivity contribution is 7.92. The molecule has 3 aromatic carbocycles. The molecule has 0 aliphatic heterocycles. The number of rotatable bonds is 8. The Morgan fingerprint density at radius 1 is 1.00 bits per heavy atom. The predicted octanol–water partition coefficient (Wildman–Crippen LogP) is 3.71. The zero-order chi connectivity index (χ0) is 20.7. The van der Waals surface area contributed by atoms with Gasteiger partial charge in [-0.1, -0.05) is 48.5 Å². The second-order valence-electron chi connectivity index (χ2n) is 6.47. The molecule has 3 aromatic rings. The zero-order valence-corrected chi connectivity index (χ0v) is 16.9. The second-order valence-corrected chi connectivity index (χ2v) is 8.15. The Labute approximate surface area is 171 Å². The Morgan fingerprint density at radius 2 is 1.72 bits per heavy atom. The lowest BCUT2D eigenvalue weighted by Gasteiger charge is -2.14. The SMILES string of the molecule is Cc1c(NS(=O)(=O)c2ccccc2)cccc1OCCc1ccc(C=NN)cc1. The molecular weight excluding hydrogens is 386 g/mol. The summed E-state index contributed by atoms with van der Waals surface area (Å²) in [6, 6.07) is 21.5. The molecule has 0 atom stereocenters. The average molecular weight is 410 g/mol.